The molecule has 4 rings (SSSR count). The highest BCUT2D eigenvalue weighted by molar-refractivity contribution is 7.99. The number of carbonyl (C=O) groups excluding carboxylic acids is 1. The van der Waals surface area contributed by atoms with E-state index in [0.29, 0.717) is 46.9 Å². The van der Waals surface area contributed by atoms with Crippen molar-refractivity contribution in [3.63, 3.8) is 0 Å². The van der Waals surface area contributed by atoms with Crippen LogP contribution in [0.1, 0.15) is 6.42 Å². The number of benzene rings is 2. The van der Waals surface area contributed by atoms with Gasteiger partial charge < -0.3 is 20.6 Å². The van der Waals surface area contributed by atoms with E-state index in [0.717, 1.165) is 18.2 Å². The molecular formula is C19H18FN5O3S. The van der Waals surface area contributed by atoms with Gasteiger partial charge in [0.1, 0.15) is 5.82 Å². The molecule has 0 fully saturated rings. The molecule has 150 valence electrons. The third-order valence-electron chi connectivity index (χ3n) is 4.11. The zero-order valence-electron chi connectivity index (χ0n) is 15.3. The number of hydrogen-bond donors (Lipinski definition) is 2. The van der Waals surface area contributed by atoms with Crippen LogP contribution in [0.25, 0.3) is 11.4 Å². The normalized spacial score (nSPS) is 13.0. The molecular weight excluding hydrogens is 397 g/mol. The number of nitrogens with two attached hydrogens (primary N) is 1. The number of ether oxygens (including phenoxy) is 2. The van der Waals surface area contributed by atoms with Gasteiger partial charge in [0, 0.05) is 23.7 Å². The lowest BCUT2D eigenvalue weighted by molar-refractivity contribution is -0.113. The van der Waals surface area contributed by atoms with Crippen LogP contribution in [-0.4, -0.2) is 39.7 Å². The molecule has 0 spiro atoms. The van der Waals surface area contributed by atoms with Crippen molar-refractivity contribution in [2.75, 3.05) is 30.1 Å². The zero-order chi connectivity index (χ0) is 20.2. The Kier molecular flexibility index (Phi) is 5.52. The summed E-state index contributed by atoms with van der Waals surface area (Å²) >= 11 is 1.13. The van der Waals surface area contributed by atoms with Crippen molar-refractivity contribution in [1.82, 2.24) is 14.9 Å². The molecule has 0 bridgehead atoms. The highest BCUT2D eigenvalue weighted by Gasteiger charge is 2.15. The lowest BCUT2D eigenvalue weighted by Crippen LogP contribution is -2.16. The number of aromatic nitrogens is 3. The van der Waals surface area contributed by atoms with Gasteiger partial charge in [-0.2, -0.15) is 0 Å². The Morgan fingerprint density at radius 3 is 2.83 bits per heavy atom. The Morgan fingerprint density at radius 2 is 2.00 bits per heavy atom. The second-order valence-corrected chi connectivity index (χ2v) is 7.18. The Bertz CT molecular complexity index is 1040. The second kappa shape index (κ2) is 8.39. The van der Waals surface area contributed by atoms with Gasteiger partial charge in [-0.25, -0.2) is 9.07 Å². The third-order valence-corrected chi connectivity index (χ3v) is 5.05. The molecule has 1 amide bonds. The van der Waals surface area contributed by atoms with E-state index in [1.807, 2.05) is 0 Å². The molecule has 0 saturated carbocycles. The second-order valence-electron chi connectivity index (χ2n) is 6.24. The molecule has 3 aromatic rings. The van der Waals surface area contributed by atoms with Gasteiger partial charge in [0.15, 0.2) is 17.3 Å². The highest BCUT2D eigenvalue weighted by Crippen LogP contribution is 2.32. The van der Waals surface area contributed by atoms with Crippen LogP contribution < -0.4 is 20.6 Å². The van der Waals surface area contributed by atoms with E-state index < -0.39 is 5.82 Å². The summed E-state index contributed by atoms with van der Waals surface area (Å²) in [7, 11) is 0. The minimum atomic E-state index is -0.394. The van der Waals surface area contributed by atoms with E-state index in [2.05, 4.69) is 15.5 Å². The summed E-state index contributed by atoms with van der Waals surface area (Å²) in [6.45, 7) is 1.17. The van der Waals surface area contributed by atoms with E-state index in [9.17, 15) is 9.18 Å². The fraction of sp³-hybridized carbons (Fsp3) is 0.211. The smallest absolute Gasteiger partial charge is 0.234 e. The lowest BCUT2D eigenvalue weighted by atomic mass is 10.2. The van der Waals surface area contributed by atoms with E-state index in [-0.39, 0.29) is 11.7 Å². The van der Waals surface area contributed by atoms with Gasteiger partial charge in [0.25, 0.3) is 0 Å². The quantitative estimate of drug-likeness (QED) is 0.488. The molecule has 1 aliphatic heterocycles. The van der Waals surface area contributed by atoms with Crippen LogP contribution in [0.2, 0.25) is 0 Å². The molecule has 3 N–H and O–H groups in total. The summed E-state index contributed by atoms with van der Waals surface area (Å²) < 4.78 is 25.8. The summed E-state index contributed by atoms with van der Waals surface area (Å²) in [6, 6.07) is 11.2. The Balaban J connectivity index is 1.38. The Hall–Kier alpha value is -3.27. The number of thioether (sulfide) groups is 1. The van der Waals surface area contributed by atoms with Gasteiger partial charge >= 0.3 is 0 Å². The van der Waals surface area contributed by atoms with E-state index in [1.165, 1.54) is 16.8 Å². The summed E-state index contributed by atoms with van der Waals surface area (Å²) in [6.07, 6.45) is 0.810. The van der Waals surface area contributed by atoms with Gasteiger partial charge in [-0.15, -0.1) is 10.2 Å². The van der Waals surface area contributed by atoms with E-state index >= 15 is 0 Å². The number of halogens is 1. The van der Waals surface area contributed by atoms with Crippen LogP contribution in [0.5, 0.6) is 11.5 Å². The number of hydrogen-bond acceptors (Lipinski definition) is 7. The standard InChI is InChI=1S/C19H18FN5O3S/c20-13-4-1-3-12(9-13)18-23-24-19(25(18)21)29-11-17(26)22-14-5-6-15-16(10-14)28-8-2-7-27-15/h1,3-6,9-10H,2,7-8,11,21H2,(H,22,26). The lowest BCUT2D eigenvalue weighted by Gasteiger charge is -2.10. The third kappa shape index (κ3) is 4.43. The predicted octanol–water partition coefficient (Wildman–Crippen LogP) is 2.69. The maximum Gasteiger partial charge on any atom is 0.234 e. The number of nitrogen functional groups attached to an aromatic ring is 1. The fourth-order valence-corrected chi connectivity index (χ4v) is 3.42. The molecule has 1 aliphatic rings. The monoisotopic (exact) mass is 415 g/mol. The molecule has 0 atom stereocenters. The minimum absolute atomic E-state index is 0.0763. The van der Waals surface area contributed by atoms with Crippen LogP contribution in [0.3, 0.4) is 0 Å². The van der Waals surface area contributed by atoms with E-state index in [1.54, 1.807) is 30.3 Å². The average molecular weight is 415 g/mol. The summed E-state index contributed by atoms with van der Waals surface area (Å²) in [5.74, 6) is 7.03. The van der Waals surface area contributed by atoms with Gasteiger partial charge in [-0.3, -0.25) is 4.79 Å². The van der Waals surface area contributed by atoms with Crippen molar-refractivity contribution in [2.24, 2.45) is 0 Å². The first-order valence-corrected chi connectivity index (χ1v) is 9.87. The van der Waals surface area contributed by atoms with Crippen molar-refractivity contribution >= 4 is 23.4 Å². The van der Waals surface area contributed by atoms with Crippen LogP contribution in [-0.2, 0) is 4.79 Å². The molecule has 0 saturated heterocycles. The molecule has 2 aromatic carbocycles. The minimum Gasteiger partial charge on any atom is -0.490 e. The number of nitrogens with zero attached hydrogens (tertiary/aromatic N) is 3. The molecule has 1 aromatic heterocycles. The fourth-order valence-electron chi connectivity index (χ4n) is 2.77. The number of anilines is 1. The molecule has 10 heteroatoms. The van der Waals surface area contributed by atoms with Crippen molar-refractivity contribution < 1.29 is 18.7 Å². The first kappa shape index (κ1) is 19.1. The van der Waals surface area contributed by atoms with E-state index in [4.69, 9.17) is 15.3 Å². The molecule has 29 heavy (non-hydrogen) atoms. The largest absolute Gasteiger partial charge is 0.490 e. The topological polar surface area (TPSA) is 104 Å². The predicted molar refractivity (Wildman–Crippen MR) is 107 cm³/mol. The van der Waals surface area contributed by atoms with Gasteiger partial charge in [-0.1, -0.05) is 23.9 Å². The van der Waals surface area contributed by atoms with Crippen molar-refractivity contribution in [2.45, 2.75) is 11.6 Å². The molecule has 8 nitrogen and oxygen atoms in total. The molecule has 0 radical (unpaired) electrons. The van der Waals surface area contributed by atoms with Crippen LogP contribution >= 0.6 is 11.8 Å². The number of rotatable bonds is 5. The van der Waals surface area contributed by atoms with Gasteiger partial charge in [-0.05, 0) is 24.3 Å². The number of fused-ring (bicyclic) bond motifs is 1. The highest BCUT2D eigenvalue weighted by atomic mass is 32.2. The Labute approximate surface area is 170 Å². The molecule has 0 aliphatic carbocycles. The van der Waals surface area contributed by atoms with Gasteiger partial charge in [0.2, 0.25) is 11.1 Å². The average Bonchev–Trinajstić information content (AvgIpc) is 2.92. The number of nitrogens with one attached hydrogen (secondary N) is 1. The molecule has 0 unspecified atom stereocenters. The van der Waals surface area contributed by atoms with Crippen LogP contribution in [0, 0.1) is 5.82 Å². The number of carbonyl (C=O) groups is 1. The SMILES string of the molecule is Nn1c(SCC(=O)Nc2ccc3c(c2)OCCCO3)nnc1-c1cccc(F)c1. The summed E-state index contributed by atoms with van der Waals surface area (Å²) in [5.41, 5.74) is 1.11. The maximum atomic E-state index is 13.4. The van der Waals surface area contributed by atoms with Gasteiger partial charge in [0.05, 0.1) is 19.0 Å². The van der Waals surface area contributed by atoms with Crippen molar-refractivity contribution in [1.29, 1.82) is 0 Å². The first-order chi connectivity index (χ1) is 14.1. The van der Waals surface area contributed by atoms with Crippen LogP contribution in [0.4, 0.5) is 10.1 Å². The van der Waals surface area contributed by atoms with Crippen molar-refractivity contribution in [3.8, 4) is 22.9 Å². The first-order valence-electron chi connectivity index (χ1n) is 8.89. The van der Waals surface area contributed by atoms with Crippen LogP contribution in [0.15, 0.2) is 47.6 Å². The summed E-state index contributed by atoms with van der Waals surface area (Å²) in [5, 5.41) is 11.1. The zero-order valence-corrected chi connectivity index (χ0v) is 16.1. The maximum absolute atomic E-state index is 13.4. The number of amides is 1. The molecule has 2 heterocycles. The summed E-state index contributed by atoms with van der Waals surface area (Å²) in [4.78, 5) is 12.3. The Morgan fingerprint density at radius 1 is 1.17 bits per heavy atom. The van der Waals surface area contributed by atoms with Crippen molar-refractivity contribution in [3.05, 3.63) is 48.3 Å².